The number of aromatic nitrogens is 2. The highest BCUT2D eigenvalue weighted by Gasteiger charge is 2.72. The molecule has 1 amide bonds. The van der Waals surface area contributed by atoms with Crippen LogP contribution in [-0.2, 0) is 19.1 Å². The predicted molar refractivity (Wildman–Crippen MR) is 225 cm³/mol. The molecule has 0 bridgehead atoms. The zero-order valence-corrected chi connectivity index (χ0v) is 37.0. The number of carboxylic acids is 1. The number of rotatable bonds is 7. The van der Waals surface area contributed by atoms with Gasteiger partial charge in [-0.3, -0.25) is 14.4 Å². The van der Waals surface area contributed by atoms with Crippen molar-refractivity contribution in [1.29, 1.82) is 0 Å². The number of hydrogen-bond donors (Lipinski definition) is 1. The molecular formula is C50H69N3O6. The molecule has 2 aromatic rings. The van der Waals surface area contributed by atoms with E-state index < -0.39 is 22.7 Å². The second-order valence-electron chi connectivity index (χ2n) is 22.6. The molecule has 1 N–H and O–H groups in total. The molecule has 9 nitrogen and oxygen atoms in total. The summed E-state index contributed by atoms with van der Waals surface area (Å²) in [5, 5.41) is 18.7. The number of benzene rings is 1. The summed E-state index contributed by atoms with van der Waals surface area (Å²) in [5.74, 6) is 1.47. The first kappa shape index (κ1) is 40.9. The highest BCUT2D eigenvalue weighted by atomic mass is 16.5. The number of esters is 1. The number of nitrogens with zero attached hydrogens (tertiary/aromatic N) is 3. The summed E-state index contributed by atoms with van der Waals surface area (Å²) >= 11 is 0. The topological polar surface area (TPSA) is 123 Å². The lowest BCUT2D eigenvalue weighted by Gasteiger charge is -2.73. The number of hydrogen-bond acceptors (Lipinski definition) is 7. The zero-order valence-electron chi connectivity index (χ0n) is 37.0. The van der Waals surface area contributed by atoms with E-state index in [1.54, 1.807) is 0 Å². The van der Waals surface area contributed by atoms with Crippen LogP contribution in [0.2, 0.25) is 0 Å². The summed E-state index contributed by atoms with van der Waals surface area (Å²) in [6, 6.07) is 9.70. The Kier molecular flexibility index (Phi) is 9.54. The number of likely N-dealkylation sites (tertiary alicyclic amines) is 1. The van der Waals surface area contributed by atoms with E-state index in [0.717, 1.165) is 89.2 Å². The van der Waals surface area contributed by atoms with E-state index in [2.05, 4.69) is 63.2 Å². The minimum absolute atomic E-state index is 0.0851. The second kappa shape index (κ2) is 13.8. The first-order valence-electron chi connectivity index (χ1n) is 23.1. The summed E-state index contributed by atoms with van der Waals surface area (Å²) in [5.41, 5.74) is 1.23. The van der Waals surface area contributed by atoms with E-state index in [9.17, 15) is 14.7 Å². The summed E-state index contributed by atoms with van der Waals surface area (Å²) in [6.07, 6.45) is 12.3. The van der Waals surface area contributed by atoms with Crippen LogP contribution in [-0.4, -0.2) is 50.7 Å². The number of fused-ring (bicyclic) bond motifs is 7. The maximum Gasteiger partial charge on any atom is 0.309 e. The lowest BCUT2D eigenvalue weighted by molar-refractivity contribution is -0.251. The van der Waals surface area contributed by atoms with Gasteiger partial charge in [0, 0.05) is 17.5 Å². The molecule has 1 saturated heterocycles. The molecule has 1 aromatic carbocycles. The summed E-state index contributed by atoms with van der Waals surface area (Å²) in [7, 11) is 0. The van der Waals surface area contributed by atoms with Crippen LogP contribution >= 0.6 is 0 Å². The fraction of sp³-hybridized carbons (Fsp3) is 0.740. The number of carbonyl (C=O) groups excluding carboxylic acids is 2. The van der Waals surface area contributed by atoms with Crippen LogP contribution in [0.1, 0.15) is 151 Å². The summed E-state index contributed by atoms with van der Waals surface area (Å²) < 4.78 is 12.8. The van der Waals surface area contributed by atoms with Crippen LogP contribution in [0.3, 0.4) is 0 Å². The number of carboxylic acid groups (broad SMARTS) is 1. The Hall–Kier alpha value is -3.49. The molecule has 1 aromatic heterocycles. The number of ether oxygens (including phenoxy) is 1. The normalized spacial score (nSPS) is 43.0. The third-order valence-electron chi connectivity index (χ3n) is 19.8. The number of carbonyl (C=O) groups is 3. The van der Waals surface area contributed by atoms with Gasteiger partial charge in [0.25, 0.3) is 0 Å². The van der Waals surface area contributed by atoms with Crippen LogP contribution in [0.5, 0.6) is 0 Å². The minimum Gasteiger partial charge on any atom is -0.481 e. The van der Waals surface area contributed by atoms with Gasteiger partial charge in [-0.2, -0.15) is 0 Å². The monoisotopic (exact) mass is 808 g/mol. The highest BCUT2D eigenvalue weighted by Crippen LogP contribution is 2.78. The second-order valence-corrected chi connectivity index (χ2v) is 22.6. The van der Waals surface area contributed by atoms with E-state index in [0.29, 0.717) is 47.8 Å². The molecule has 2 heterocycles. The van der Waals surface area contributed by atoms with Gasteiger partial charge >= 0.3 is 11.9 Å². The standard InChI is InChI=1S/C50H69N3O6/c1-29(2)31-19-24-50(44(57)53-27-13-16-35(53)41-52-51-40(59-41)30-14-11-10-12-15-30)26-25-48(8)32(39(31)50)17-18-37-47(7)22-21-38(46(5,6)36(47)20-23-49(37,48)9)58-43(56)34-28-33(42(54)55)45(34,3)4/h10-12,14-15,31-39H,1,13,16-28H2,2-9H3,(H,54,55)/t31-,32+,33-,34+,35-,36-,37+,38-,39+,47-,48+,49+,50-/m0/s1. The van der Waals surface area contributed by atoms with E-state index in [1.807, 2.05) is 44.2 Å². The first-order valence-corrected chi connectivity index (χ1v) is 23.1. The van der Waals surface area contributed by atoms with Gasteiger partial charge in [0.2, 0.25) is 17.7 Å². The lowest BCUT2D eigenvalue weighted by atomic mass is 9.32. The SMILES string of the molecule is C=C(C)[C@@H]1CC[C@]2(C(=O)N3CCC[C@H]3c3nnc(-c4ccccc4)o3)CC[C@]3(C)[C@H](CC[C@@H]4[C@@]5(C)CC[C@H](OC(=O)[C@H]6C[C@@H](C(=O)O)C6(C)C)C(C)(C)[C@@H]5CC[C@]43C)[C@@H]12. The maximum atomic E-state index is 15.5. The predicted octanol–water partition coefficient (Wildman–Crippen LogP) is 10.7. The van der Waals surface area contributed by atoms with Crippen molar-refractivity contribution in [3.8, 4) is 11.5 Å². The fourth-order valence-electron chi connectivity index (χ4n) is 16.3. The third kappa shape index (κ3) is 5.69. The van der Waals surface area contributed by atoms with E-state index in [4.69, 9.17) is 9.15 Å². The molecule has 9 rings (SSSR count). The molecule has 59 heavy (non-hydrogen) atoms. The summed E-state index contributed by atoms with van der Waals surface area (Å²) in [6.45, 7) is 23.9. The average molecular weight is 808 g/mol. The molecule has 6 saturated carbocycles. The largest absolute Gasteiger partial charge is 0.481 e. The van der Waals surface area contributed by atoms with Crippen LogP contribution < -0.4 is 0 Å². The molecule has 0 spiro atoms. The van der Waals surface area contributed by atoms with Crippen LogP contribution in [0.4, 0.5) is 0 Å². The Bertz CT molecular complexity index is 2020. The van der Waals surface area contributed by atoms with Gasteiger partial charge in [-0.1, -0.05) is 78.8 Å². The first-order chi connectivity index (χ1) is 27.8. The average Bonchev–Trinajstić information content (AvgIpc) is 3.95. The number of amides is 1. The van der Waals surface area contributed by atoms with Gasteiger partial charge in [0.1, 0.15) is 12.1 Å². The quantitative estimate of drug-likeness (QED) is 0.217. The van der Waals surface area contributed by atoms with Gasteiger partial charge in [-0.25, -0.2) is 0 Å². The molecule has 320 valence electrons. The Morgan fingerprint density at radius 2 is 1.56 bits per heavy atom. The van der Waals surface area contributed by atoms with E-state index in [1.165, 1.54) is 5.57 Å². The Morgan fingerprint density at radius 1 is 0.814 bits per heavy atom. The molecule has 9 heteroatoms. The van der Waals surface area contributed by atoms with Crippen LogP contribution in [0.15, 0.2) is 46.9 Å². The van der Waals surface area contributed by atoms with Crippen molar-refractivity contribution in [2.75, 3.05) is 6.54 Å². The Balaban J connectivity index is 0.968. The molecule has 0 unspecified atom stereocenters. The number of aliphatic carboxylic acids is 1. The van der Waals surface area contributed by atoms with Crippen molar-refractivity contribution in [1.82, 2.24) is 15.1 Å². The number of allylic oxidation sites excluding steroid dienone is 1. The van der Waals surface area contributed by atoms with Crippen molar-refractivity contribution in [2.24, 2.45) is 73.9 Å². The molecule has 7 aliphatic rings. The molecule has 13 atom stereocenters. The fourth-order valence-corrected chi connectivity index (χ4v) is 16.3. The molecule has 0 radical (unpaired) electrons. The highest BCUT2D eigenvalue weighted by molar-refractivity contribution is 5.85. The van der Waals surface area contributed by atoms with E-state index >= 15 is 4.79 Å². The minimum atomic E-state index is -0.821. The maximum absolute atomic E-state index is 15.5. The van der Waals surface area contributed by atoms with Crippen molar-refractivity contribution in [2.45, 2.75) is 151 Å². The van der Waals surface area contributed by atoms with Gasteiger partial charge in [-0.05, 0) is 154 Å². The Morgan fingerprint density at radius 3 is 2.25 bits per heavy atom. The molecular weight excluding hydrogens is 739 g/mol. The zero-order chi connectivity index (χ0) is 42.1. The van der Waals surface area contributed by atoms with Crippen LogP contribution in [0, 0.1) is 73.9 Å². The van der Waals surface area contributed by atoms with Gasteiger partial charge in [0.05, 0.1) is 17.3 Å². The molecule has 1 aliphatic heterocycles. The lowest BCUT2D eigenvalue weighted by Crippen LogP contribution is -2.67. The van der Waals surface area contributed by atoms with Crippen molar-refractivity contribution in [3.05, 3.63) is 48.4 Å². The van der Waals surface area contributed by atoms with Crippen molar-refractivity contribution >= 4 is 17.8 Å². The molecule has 7 fully saturated rings. The third-order valence-corrected chi connectivity index (χ3v) is 19.8. The Labute approximate surface area is 351 Å². The van der Waals surface area contributed by atoms with Crippen molar-refractivity contribution in [3.63, 3.8) is 0 Å². The van der Waals surface area contributed by atoms with Gasteiger partial charge < -0.3 is 19.2 Å². The van der Waals surface area contributed by atoms with Crippen LogP contribution in [0.25, 0.3) is 11.5 Å². The summed E-state index contributed by atoms with van der Waals surface area (Å²) in [4.78, 5) is 43.1. The smallest absolute Gasteiger partial charge is 0.309 e. The van der Waals surface area contributed by atoms with Gasteiger partial charge in [-0.15, -0.1) is 10.2 Å². The van der Waals surface area contributed by atoms with E-state index in [-0.39, 0.29) is 51.6 Å². The van der Waals surface area contributed by atoms with Crippen molar-refractivity contribution < 1.29 is 28.6 Å². The molecule has 6 aliphatic carbocycles. The van der Waals surface area contributed by atoms with Gasteiger partial charge in [0.15, 0.2) is 0 Å².